The number of esters is 2. The van der Waals surface area contributed by atoms with Crippen LogP contribution in [-0.2, 0) is 147 Å². The first kappa shape index (κ1) is 99.1. The highest BCUT2D eigenvalue weighted by Crippen LogP contribution is 2.48. The fourth-order valence-electron chi connectivity index (χ4n) is 15.4. The highest BCUT2D eigenvalue weighted by atomic mass is 32.2. The molecule has 15 heterocycles. The Balaban J connectivity index is 0.000000158. The summed E-state index contributed by atoms with van der Waals surface area (Å²) >= 11 is 5.10. The van der Waals surface area contributed by atoms with Crippen LogP contribution in [0.15, 0.2) is 0 Å². The molecule has 0 bridgehead atoms. The molecule has 15 saturated heterocycles. The molecule has 44 heteroatoms. The van der Waals surface area contributed by atoms with Gasteiger partial charge in [0.25, 0.3) is 20.2 Å². The summed E-state index contributed by atoms with van der Waals surface area (Å²) in [5.74, 6) is -5.59. The standard InChI is InChI=1S/C14H26O10S2.C12H18O6.C12H22O6.C12H20O4S.C9H16O4S.C8H12O3S.C6H10O6/c1-13(2)19-7-9(21-13)12(24-26(6,17)18)11-10(8-20-25(5,15)16)22-14(3,4)23-11;1-11(2)14-5-6(16-11)7-8-9(10(13)15-7)18-12(3,4)17-8;1-11(2)15-6-8(17-11)9(14)10-7(5-13)16-12(3,4)18-10;1-11(2)13-5-7(14-11)10-9-8(6-17-10)15-12(3,4)16-9;1-9(2)12-6-4-14-8(5(11)3-10)7(6)13-9;1-8(2)10-5-4-12-6(3-9)7(5)11-8;7-1-2(8)5-3(9)4(10)6(11)12-5/h9-12H,7-8H2,1-6H3;6-9H,5H2,1-4H3;7-10,13-14H,5-6H2,1-4H3;7-10H,5-6H2,1-4H3;5-8,10-11H,3-4H2,1-2H3;3,5-7H,4H2,1-2H3;2-5,7-10H,1H2/t9-,10?,11?,12?;6-,7?,8?,9?;7?,8-,9?,10?;7-,8?,9?,10?;5-,6?,7?,8?;;2-,3?,4?,5?/m11111.1/s1. The maximum absolute atomic E-state index is 11.8. The van der Waals surface area contributed by atoms with E-state index in [-0.39, 0.29) is 91.7 Å². The molecule has 15 aliphatic heterocycles. The number of hydrogen-bond donors (Lipinski definition) is 8. The molecule has 0 radical (unpaired) electrons. The van der Waals surface area contributed by atoms with Gasteiger partial charge in [0.1, 0.15) is 97.8 Å². The van der Waals surface area contributed by atoms with Crippen LogP contribution in [0, 0.1) is 0 Å². The number of thioether (sulfide) groups is 3. The molecule has 0 saturated carbocycles. The quantitative estimate of drug-likeness (QED) is 0.0545. The zero-order valence-electron chi connectivity index (χ0n) is 70.2. The Hall–Kier alpha value is -1.64. The highest BCUT2D eigenvalue weighted by Gasteiger charge is 2.62. The van der Waals surface area contributed by atoms with Gasteiger partial charge in [-0.3, -0.25) is 8.37 Å². The maximum atomic E-state index is 11.8. The summed E-state index contributed by atoms with van der Waals surface area (Å²) in [7, 11) is -7.59. The Morgan fingerprint density at radius 3 is 1.37 bits per heavy atom. The van der Waals surface area contributed by atoms with Crippen molar-refractivity contribution < 1.29 is 185 Å². The molecule has 0 spiro atoms. The average Bonchev–Trinajstić information content (AvgIpc) is 1.62. The van der Waals surface area contributed by atoms with Gasteiger partial charge in [-0.15, -0.1) is 11.8 Å². The maximum Gasteiger partial charge on any atom is 0.338 e. The monoisotopic (exact) mass is 1780 g/mol. The molecule has 0 aromatic heterocycles. The lowest BCUT2D eigenvalue weighted by atomic mass is 10.0. The Morgan fingerprint density at radius 2 is 0.880 bits per heavy atom. The summed E-state index contributed by atoms with van der Waals surface area (Å²) in [6.07, 6.45) is -11.2. The summed E-state index contributed by atoms with van der Waals surface area (Å²) in [6, 6.07) is 0. The van der Waals surface area contributed by atoms with Crippen LogP contribution in [0.1, 0.15) is 138 Å². The predicted molar refractivity (Wildman–Crippen MR) is 409 cm³/mol. The van der Waals surface area contributed by atoms with Crippen molar-refractivity contribution in [1.29, 1.82) is 0 Å². The van der Waals surface area contributed by atoms with E-state index in [1.54, 1.807) is 92.8 Å². The third kappa shape index (κ3) is 26.7. The van der Waals surface area contributed by atoms with Crippen LogP contribution in [0.4, 0.5) is 0 Å². The van der Waals surface area contributed by atoms with Crippen molar-refractivity contribution in [2.24, 2.45) is 0 Å². The van der Waals surface area contributed by atoms with Crippen LogP contribution >= 0.6 is 35.3 Å². The molecule has 15 rings (SSSR count). The fourth-order valence-corrected chi connectivity index (χ4v) is 20.4. The molecule has 15 fully saturated rings. The second kappa shape index (κ2) is 38.1. The molecule has 15 aliphatic rings. The molecule has 39 nitrogen and oxygen atoms in total. The van der Waals surface area contributed by atoms with Crippen molar-refractivity contribution in [3.8, 4) is 0 Å². The minimum absolute atomic E-state index is 0.0255. The Kier molecular flexibility index (Phi) is 32.3. The van der Waals surface area contributed by atoms with Gasteiger partial charge in [0.2, 0.25) is 0 Å². The molecule has 0 amide bonds. The number of aliphatic hydroxyl groups is 8. The van der Waals surface area contributed by atoms with Gasteiger partial charge < -0.3 is 150 Å². The smallest absolute Gasteiger partial charge is 0.338 e. The summed E-state index contributed by atoms with van der Waals surface area (Å²) in [5, 5.41) is 73.6. The third-order valence-electron chi connectivity index (χ3n) is 20.0. The number of ether oxygens (including phenoxy) is 22. The van der Waals surface area contributed by atoms with E-state index in [1.807, 2.05) is 81.0 Å². The van der Waals surface area contributed by atoms with E-state index >= 15 is 0 Å². The molecular formula is C73H124O39S5. The lowest BCUT2D eigenvalue weighted by molar-refractivity contribution is -0.200. The van der Waals surface area contributed by atoms with Gasteiger partial charge in [0.05, 0.1) is 112 Å². The Morgan fingerprint density at radius 1 is 0.436 bits per heavy atom. The van der Waals surface area contributed by atoms with Crippen molar-refractivity contribution in [3.05, 3.63) is 0 Å². The topological polar surface area (TPSA) is 503 Å². The summed E-state index contributed by atoms with van der Waals surface area (Å²) in [6.45, 7) is 36.3. The molecule has 0 aromatic carbocycles. The SMILES string of the molecule is CC1(C)OC(CO)C(C(O)[C@H]2COC(C)(C)O2)O1.CC1(C)OC(COS(C)(=O)=O)C(C(OS(C)(=O)=O)[C@H]2COC(C)(C)O2)O1.CC1(C)OC2C(=O)OC([C@H]3COC(C)(C)O3)C2O1.CC1(C)OC2CSC(C=O)C2O1.CC1(C)OC2CSC([C@H](O)CO)C2O1.CC1(C)OC2CSC([C@H]3COC(C)(C)O3)C2O1.O=C1OC([C@H](O)CO)C(O)C1O. The lowest BCUT2D eigenvalue weighted by Crippen LogP contribution is -2.48. The van der Waals surface area contributed by atoms with E-state index in [4.69, 9.17) is 133 Å². The van der Waals surface area contributed by atoms with Crippen molar-refractivity contribution in [2.45, 2.75) is 359 Å². The summed E-state index contributed by atoms with van der Waals surface area (Å²) in [4.78, 5) is 32.9. The minimum atomic E-state index is -3.87. The first-order valence-electron chi connectivity index (χ1n) is 38.8. The van der Waals surface area contributed by atoms with Gasteiger partial charge in [-0.1, -0.05) is 0 Å². The number of aldehydes is 1. The molecule has 21 unspecified atom stereocenters. The zero-order chi connectivity index (χ0) is 87.3. The summed E-state index contributed by atoms with van der Waals surface area (Å²) in [5.41, 5.74) is 0. The van der Waals surface area contributed by atoms with E-state index in [9.17, 15) is 46.5 Å². The van der Waals surface area contributed by atoms with Crippen LogP contribution in [0.5, 0.6) is 0 Å². The van der Waals surface area contributed by atoms with E-state index in [0.29, 0.717) is 25.1 Å². The number of hydrogen-bond acceptors (Lipinski definition) is 42. The van der Waals surface area contributed by atoms with Gasteiger partial charge in [0.15, 0.2) is 82.3 Å². The first-order chi connectivity index (χ1) is 53.7. The largest absolute Gasteiger partial charge is 0.455 e. The number of carbonyl (C=O) groups is 3. The summed E-state index contributed by atoms with van der Waals surface area (Å²) < 4.78 is 179. The fraction of sp³-hybridized carbons (Fsp3) is 0.959. The molecule has 0 aromatic rings. The molecule has 117 heavy (non-hydrogen) atoms. The van der Waals surface area contributed by atoms with E-state index in [0.717, 1.165) is 36.1 Å². The second-order valence-corrected chi connectivity index (χ2v) is 41.8. The zero-order valence-corrected chi connectivity index (χ0v) is 74.3. The lowest BCUT2D eigenvalue weighted by Gasteiger charge is -2.29. The number of cyclic esters (lactones) is 2. The molecule has 8 N–H and O–H groups in total. The van der Waals surface area contributed by atoms with Gasteiger partial charge >= 0.3 is 11.9 Å². The number of rotatable bonds is 17. The predicted octanol–water partition coefficient (Wildman–Crippen LogP) is 0.130. The average molecular weight is 1790 g/mol. The Bertz CT molecular complexity index is 3530. The number of aliphatic hydroxyl groups excluding tert-OH is 8. The third-order valence-corrected chi connectivity index (χ3v) is 25.4. The normalized spacial score (nSPS) is 40.7. The number of carbonyl (C=O) groups excluding carboxylic acids is 3. The van der Waals surface area contributed by atoms with E-state index in [1.165, 1.54) is 0 Å². The van der Waals surface area contributed by atoms with Gasteiger partial charge in [0, 0.05) is 17.3 Å². The van der Waals surface area contributed by atoms with Crippen LogP contribution in [-0.4, -0.2) is 379 Å². The Labute approximate surface area is 696 Å². The van der Waals surface area contributed by atoms with E-state index in [2.05, 4.69) is 4.74 Å². The van der Waals surface area contributed by atoms with Crippen molar-refractivity contribution in [2.75, 3.05) is 82.6 Å². The van der Waals surface area contributed by atoms with Crippen LogP contribution in [0.2, 0.25) is 0 Å². The van der Waals surface area contributed by atoms with Gasteiger partial charge in [-0.2, -0.15) is 40.4 Å². The van der Waals surface area contributed by atoms with Gasteiger partial charge in [-0.05, 0) is 138 Å². The minimum Gasteiger partial charge on any atom is -0.455 e. The van der Waals surface area contributed by atoms with E-state index < -0.39 is 188 Å². The van der Waals surface area contributed by atoms with Crippen molar-refractivity contribution in [1.82, 2.24) is 0 Å². The van der Waals surface area contributed by atoms with Crippen molar-refractivity contribution in [3.63, 3.8) is 0 Å². The first-order valence-corrected chi connectivity index (χ1v) is 45.5. The molecule has 680 valence electrons. The highest BCUT2D eigenvalue weighted by molar-refractivity contribution is 8.01. The van der Waals surface area contributed by atoms with Gasteiger partial charge in [-0.25, -0.2) is 9.59 Å². The van der Waals surface area contributed by atoms with Crippen LogP contribution in [0.3, 0.4) is 0 Å². The number of fused-ring (bicyclic) bond motifs is 4. The molecular weight excluding hydrogens is 1660 g/mol. The van der Waals surface area contributed by atoms with Crippen LogP contribution in [0.25, 0.3) is 0 Å². The second-order valence-electron chi connectivity index (χ2n) is 34.9. The molecule has 27 atom stereocenters. The van der Waals surface area contributed by atoms with Crippen molar-refractivity contribution >= 4 is 73.7 Å². The van der Waals surface area contributed by atoms with Crippen LogP contribution < -0.4 is 0 Å². The molecule has 0 aliphatic carbocycles.